The molecule has 8 heteroatoms. The molecule has 0 fully saturated rings. The lowest BCUT2D eigenvalue weighted by Gasteiger charge is -2.31. The van der Waals surface area contributed by atoms with Crippen molar-refractivity contribution in [1.29, 1.82) is 0 Å². The first-order valence-corrected chi connectivity index (χ1v) is 11.2. The van der Waals surface area contributed by atoms with E-state index in [1.54, 1.807) is 5.48 Å². The Labute approximate surface area is 191 Å². The molecule has 0 radical (unpaired) electrons. The van der Waals surface area contributed by atoms with E-state index in [4.69, 9.17) is 9.94 Å². The molecule has 32 heavy (non-hydrogen) atoms. The highest BCUT2D eigenvalue weighted by atomic mass is 16.5. The molecule has 4 N–H and O–H groups in total. The number of rotatable bonds is 12. The molecule has 8 nitrogen and oxygen atoms in total. The van der Waals surface area contributed by atoms with Gasteiger partial charge in [0.25, 0.3) is 0 Å². The van der Waals surface area contributed by atoms with Gasteiger partial charge < -0.3 is 15.4 Å². The van der Waals surface area contributed by atoms with Crippen LogP contribution in [-0.4, -0.2) is 42.6 Å². The van der Waals surface area contributed by atoms with Crippen molar-refractivity contribution in [3.05, 3.63) is 29.8 Å². The zero-order valence-electron chi connectivity index (χ0n) is 20.2. The summed E-state index contributed by atoms with van der Waals surface area (Å²) in [5.74, 6) is -0.734. The van der Waals surface area contributed by atoms with Gasteiger partial charge in [-0.15, -0.1) is 0 Å². The van der Waals surface area contributed by atoms with Gasteiger partial charge in [0.2, 0.25) is 17.7 Å². The Morgan fingerprint density at radius 1 is 1.03 bits per heavy atom. The summed E-state index contributed by atoms with van der Waals surface area (Å²) in [5.41, 5.74) is 2.33. The second-order valence-corrected chi connectivity index (χ2v) is 9.43. The SMILES string of the molecule is CNC(=O)[C@@H](NC(=O)[C@H](CCCCOc1ccc(C(C)C)cc1)CC(=O)NO)C(C)(C)C. The largest absolute Gasteiger partial charge is 0.494 e. The first-order valence-electron chi connectivity index (χ1n) is 11.2. The fourth-order valence-corrected chi connectivity index (χ4v) is 3.31. The number of carbonyl (C=O) groups excluding carboxylic acids is 3. The molecule has 0 saturated heterocycles. The van der Waals surface area contributed by atoms with Crippen LogP contribution in [0.1, 0.15) is 71.8 Å². The lowest BCUT2D eigenvalue weighted by atomic mass is 9.85. The summed E-state index contributed by atoms with van der Waals surface area (Å²) < 4.78 is 5.77. The molecule has 0 aliphatic carbocycles. The number of amides is 3. The molecule has 0 unspecified atom stereocenters. The van der Waals surface area contributed by atoms with Crippen LogP contribution < -0.4 is 20.9 Å². The van der Waals surface area contributed by atoms with E-state index in [-0.39, 0.29) is 18.2 Å². The zero-order chi connectivity index (χ0) is 24.3. The lowest BCUT2D eigenvalue weighted by molar-refractivity contribution is -0.137. The van der Waals surface area contributed by atoms with Gasteiger partial charge in [-0.25, -0.2) is 5.48 Å². The third-order valence-corrected chi connectivity index (χ3v) is 5.35. The Balaban J connectivity index is 2.63. The van der Waals surface area contributed by atoms with E-state index in [2.05, 4.69) is 24.5 Å². The monoisotopic (exact) mass is 449 g/mol. The highest BCUT2D eigenvalue weighted by molar-refractivity contribution is 5.90. The van der Waals surface area contributed by atoms with E-state index >= 15 is 0 Å². The van der Waals surface area contributed by atoms with Crippen LogP contribution in [0.2, 0.25) is 0 Å². The average Bonchev–Trinajstić information content (AvgIpc) is 2.74. The second kappa shape index (κ2) is 13.1. The molecule has 2 atom stereocenters. The Bertz CT molecular complexity index is 741. The van der Waals surface area contributed by atoms with Gasteiger partial charge in [-0.05, 0) is 48.3 Å². The number of hydrogen-bond donors (Lipinski definition) is 4. The average molecular weight is 450 g/mol. The highest BCUT2D eigenvalue weighted by Crippen LogP contribution is 2.22. The first kappa shape index (κ1) is 27.4. The van der Waals surface area contributed by atoms with Crippen molar-refractivity contribution in [2.45, 2.75) is 72.3 Å². The van der Waals surface area contributed by atoms with Crippen LogP contribution in [0.25, 0.3) is 0 Å². The summed E-state index contributed by atoms with van der Waals surface area (Å²) >= 11 is 0. The van der Waals surface area contributed by atoms with Crippen LogP contribution in [0.5, 0.6) is 5.75 Å². The van der Waals surface area contributed by atoms with Crippen LogP contribution in [-0.2, 0) is 14.4 Å². The fourth-order valence-electron chi connectivity index (χ4n) is 3.31. The van der Waals surface area contributed by atoms with E-state index in [9.17, 15) is 14.4 Å². The molecule has 0 aliphatic rings. The molecule has 0 bridgehead atoms. The van der Waals surface area contributed by atoms with Gasteiger partial charge in [-0.1, -0.05) is 46.8 Å². The van der Waals surface area contributed by atoms with E-state index < -0.39 is 23.3 Å². The number of carbonyl (C=O) groups is 3. The minimum Gasteiger partial charge on any atom is -0.494 e. The number of nitrogens with one attached hydrogen (secondary N) is 3. The predicted molar refractivity (Wildman–Crippen MR) is 123 cm³/mol. The molecule has 1 aromatic rings. The molecule has 3 amide bonds. The van der Waals surface area contributed by atoms with Gasteiger partial charge in [0.15, 0.2) is 0 Å². The zero-order valence-corrected chi connectivity index (χ0v) is 20.2. The minimum atomic E-state index is -0.739. The normalized spacial score (nSPS) is 13.2. The quantitative estimate of drug-likeness (QED) is 0.222. The Kier molecular flexibility index (Phi) is 11.2. The molecule has 0 aliphatic heterocycles. The molecule has 0 heterocycles. The van der Waals surface area contributed by atoms with Crippen molar-refractivity contribution in [3.8, 4) is 5.75 Å². The third-order valence-electron chi connectivity index (χ3n) is 5.35. The van der Waals surface area contributed by atoms with Crippen LogP contribution in [0.15, 0.2) is 24.3 Å². The molecule has 0 aromatic heterocycles. The van der Waals surface area contributed by atoms with Gasteiger partial charge >= 0.3 is 0 Å². The maximum atomic E-state index is 12.9. The van der Waals surface area contributed by atoms with Crippen molar-refractivity contribution in [1.82, 2.24) is 16.1 Å². The maximum absolute atomic E-state index is 12.9. The third kappa shape index (κ3) is 9.26. The summed E-state index contributed by atoms with van der Waals surface area (Å²) in [6.45, 7) is 10.3. The van der Waals surface area contributed by atoms with Crippen LogP contribution in [0.3, 0.4) is 0 Å². The smallest absolute Gasteiger partial charge is 0.244 e. The summed E-state index contributed by atoms with van der Waals surface area (Å²) in [4.78, 5) is 36.8. The van der Waals surface area contributed by atoms with Crippen LogP contribution >= 0.6 is 0 Å². The van der Waals surface area contributed by atoms with E-state index in [0.29, 0.717) is 31.8 Å². The molecule has 1 rings (SSSR count). The number of benzene rings is 1. The molecule has 0 spiro atoms. The molecular weight excluding hydrogens is 410 g/mol. The summed E-state index contributed by atoms with van der Waals surface area (Å²) in [7, 11) is 1.51. The number of ether oxygens (including phenoxy) is 1. The van der Waals surface area contributed by atoms with Crippen LogP contribution in [0.4, 0.5) is 0 Å². The molecule has 180 valence electrons. The summed E-state index contributed by atoms with van der Waals surface area (Å²) in [6.07, 6.45) is 1.62. The number of hydroxylamine groups is 1. The van der Waals surface area contributed by atoms with E-state index in [1.165, 1.54) is 12.6 Å². The minimum absolute atomic E-state index is 0.162. The van der Waals surface area contributed by atoms with E-state index in [0.717, 1.165) is 5.75 Å². The number of hydrogen-bond acceptors (Lipinski definition) is 5. The first-order chi connectivity index (χ1) is 15.0. The van der Waals surface area contributed by atoms with Gasteiger partial charge in [-0.2, -0.15) is 0 Å². The van der Waals surface area contributed by atoms with Crippen molar-refractivity contribution in [3.63, 3.8) is 0 Å². The Morgan fingerprint density at radius 3 is 2.16 bits per heavy atom. The topological polar surface area (TPSA) is 117 Å². The molecule has 1 aromatic carbocycles. The highest BCUT2D eigenvalue weighted by Gasteiger charge is 2.34. The van der Waals surface area contributed by atoms with Crippen molar-refractivity contribution in [2.75, 3.05) is 13.7 Å². The Morgan fingerprint density at radius 2 is 1.66 bits per heavy atom. The summed E-state index contributed by atoms with van der Waals surface area (Å²) in [6, 6.07) is 7.25. The van der Waals surface area contributed by atoms with Gasteiger partial charge in [0.05, 0.1) is 6.61 Å². The number of unbranched alkanes of at least 4 members (excludes halogenated alkanes) is 1. The van der Waals surface area contributed by atoms with Gasteiger partial charge in [-0.3, -0.25) is 19.6 Å². The van der Waals surface area contributed by atoms with Crippen molar-refractivity contribution in [2.24, 2.45) is 11.3 Å². The van der Waals surface area contributed by atoms with Crippen molar-refractivity contribution >= 4 is 17.7 Å². The predicted octanol–water partition coefficient (Wildman–Crippen LogP) is 3.15. The van der Waals surface area contributed by atoms with Gasteiger partial charge in [0.1, 0.15) is 11.8 Å². The van der Waals surface area contributed by atoms with E-state index in [1.807, 2.05) is 45.0 Å². The van der Waals surface area contributed by atoms with Gasteiger partial charge in [0, 0.05) is 19.4 Å². The van der Waals surface area contributed by atoms with Crippen LogP contribution in [0, 0.1) is 11.3 Å². The second-order valence-electron chi connectivity index (χ2n) is 9.43. The fraction of sp³-hybridized carbons (Fsp3) is 0.625. The lowest BCUT2D eigenvalue weighted by Crippen LogP contribution is -2.54. The van der Waals surface area contributed by atoms with Crippen molar-refractivity contribution < 1.29 is 24.3 Å². The Hall–Kier alpha value is -2.61. The number of likely N-dealkylation sites (N-methyl/N-ethyl adjacent to an activating group) is 1. The summed E-state index contributed by atoms with van der Waals surface area (Å²) in [5, 5.41) is 14.2. The maximum Gasteiger partial charge on any atom is 0.244 e. The molecular formula is C24H39N3O5. The standard InChI is InChI=1S/C24H39N3O5/c1-16(2)17-10-12-19(13-11-17)32-14-8-7-9-18(15-20(28)27-31)22(29)26-21(23(30)25-6)24(3,4)5/h10-13,16,18,21,31H,7-9,14-15H2,1-6H3,(H,25,30)(H,26,29)(H,27,28)/t18-,21-/m1/s1. The molecule has 0 saturated carbocycles.